The summed E-state index contributed by atoms with van der Waals surface area (Å²) in [4.78, 5) is 43.1. The summed E-state index contributed by atoms with van der Waals surface area (Å²) in [5.41, 5.74) is 1.82. The lowest BCUT2D eigenvalue weighted by Crippen LogP contribution is -2.32. The second-order valence-corrected chi connectivity index (χ2v) is 20.6. The van der Waals surface area contributed by atoms with Gasteiger partial charge in [-0.15, -0.1) is 5.06 Å². The number of fused-ring (bicyclic) bond motifs is 2. The number of unbranched alkanes of at least 4 members (excludes halogenated alkanes) is 2. The van der Waals surface area contributed by atoms with E-state index in [1.54, 1.807) is 54.9 Å². The Hall–Kier alpha value is -4.04. The summed E-state index contributed by atoms with van der Waals surface area (Å²) >= 11 is 0.664. The molecule has 0 N–H and O–H groups in total. The quantitative estimate of drug-likeness (QED) is 0.0331. The molecule has 5 rings (SSSR count). The molecule has 1 saturated heterocycles. The first-order chi connectivity index (χ1) is 28.5. The average molecular weight is 927 g/mol. The van der Waals surface area contributed by atoms with Crippen LogP contribution < -0.4 is 10.2 Å². The van der Waals surface area contributed by atoms with Gasteiger partial charge in [-0.05, 0) is 82.0 Å². The minimum Gasteiger partial charge on any atom is -0.748 e. The van der Waals surface area contributed by atoms with Gasteiger partial charge in [0.15, 0.2) is 5.71 Å². The van der Waals surface area contributed by atoms with Crippen LogP contribution in [0.4, 0.5) is 11.4 Å². The van der Waals surface area contributed by atoms with E-state index in [-0.39, 0.29) is 45.2 Å². The van der Waals surface area contributed by atoms with Gasteiger partial charge < -0.3 is 28.7 Å². The van der Waals surface area contributed by atoms with Crippen molar-refractivity contribution in [3.05, 3.63) is 71.5 Å². The SMILES string of the molecule is CC1(C)C(/C=C/C=C2\N(CCCS(=O)(=O)[O-])c3ccc(SOO[O-])cc3C2(C)CCCCCC(=O)ON2C(=O)CCC2=O)=[N+](CCCS(=O)(=O)[O-])c2ccc(S(=O)(=O)[O-])cc21. The van der Waals surface area contributed by atoms with Gasteiger partial charge in [0.05, 0.1) is 42.6 Å². The first-order valence-electron chi connectivity index (χ1n) is 19.1. The Morgan fingerprint density at radius 3 is 2.18 bits per heavy atom. The van der Waals surface area contributed by atoms with Crippen molar-refractivity contribution in [3.8, 4) is 0 Å². The molecule has 0 spiro atoms. The lowest BCUT2D eigenvalue weighted by atomic mass is 9.77. The summed E-state index contributed by atoms with van der Waals surface area (Å²) in [5.74, 6) is -3.23. The highest BCUT2D eigenvalue weighted by molar-refractivity contribution is 7.94. The topological polar surface area (TPSA) is 283 Å². The zero-order chi connectivity index (χ0) is 45.0. The highest BCUT2D eigenvalue weighted by atomic mass is 32.2. The third-order valence-corrected chi connectivity index (χ3v) is 13.8. The van der Waals surface area contributed by atoms with Crippen molar-refractivity contribution in [3.63, 3.8) is 0 Å². The largest absolute Gasteiger partial charge is 0.748 e. The number of anilines is 1. The fraction of sp³-hybridized carbons (Fsp3) is 0.474. The number of hydroxylamine groups is 2. The maximum atomic E-state index is 12.5. The second-order valence-electron chi connectivity index (χ2n) is 15.4. The molecular formula is C38H44N3O16S4-3. The van der Waals surface area contributed by atoms with Gasteiger partial charge in [0.2, 0.25) is 5.69 Å². The molecule has 1 atom stereocenters. The number of benzene rings is 2. The molecule has 19 nitrogen and oxygen atoms in total. The van der Waals surface area contributed by atoms with Crippen LogP contribution in [-0.2, 0) is 69.8 Å². The summed E-state index contributed by atoms with van der Waals surface area (Å²) in [7, 11) is -14.0. The van der Waals surface area contributed by atoms with Gasteiger partial charge in [0.25, 0.3) is 11.8 Å². The third-order valence-electron chi connectivity index (χ3n) is 10.8. The average Bonchev–Trinajstić information content (AvgIpc) is 3.68. The van der Waals surface area contributed by atoms with Crippen LogP contribution in [0.25, 0.3) is 0 Å². The summed E-state index contributed by atoms with van der Waals surface area (Å²) < 4.78 is 112. The number of hydrogen-bond acceptors (Lipinski definition) is 18. The maximum absolute atomic E-state index is 12.5. The number of carbonyl (C=O) groups excluding carboxylic acids is 3. The highest BCUT2D eigenvalue weighted by Crippen LogP contribution is 2.52. The van der Waals surface area contributed by atoms with Crippen molar-refractivity contribution in [1.29, 1.82) is 0 Å². The molecule has 0 saturated carbocycles. The van der Waals surface area contributed by atoms with Gasteiger partial charge in [-0.1, -0.05) is 18.9 Å². The zero-order valence-electron chi connectivity index (χ0n) is 33.4. The smallest absolute Gasteiger partial charge is 0.333 e. The van der Waals surface area contributed by atoms with Crippen molar-refractivity contribution in [1.82, 2.24) is 5.06 Å². The van der Waals surface area contributed by atoms with E-state index in [2.05, 4.69) is 9.37 Å². The standard InChI is InChI=1S/C38H47N3O16S4/c1-37(2)28-25-27(61(52,53)54)14-16-30(28)39(20-8-22-59(46,47)48)32(37)10-7-11-33-38(3,19-6-4-5-12-36(44)55-41-34(42)17-18-35(41)43)29-24-26(58-57-56-45)13-15-31(29)40(33)21-9-23-60(49,50)51/h7,10-11,13-16,24-25H,4-6,8-9,12,17-23H2,1-3H3,(H3-,45,46,47,48,49,50,51,52,53,54)/p-3. The molecule has 2 aromatic rings. The molecule has 0 aromatic heterocycles. The Morgan fingerprint density at radius 1 is 0.869 bits per heavy atom. The molecule has 1 unspecified atom stereocenters. The van der Waals surface area contributed by atoms with Gasteiger partial charge in [-0.2, -0.15) is 8.91 Å². The van der Waals surface area contributed by atoms with Crippen molar-refractivity contribution in [2.75, 3.05) is 29.5 Å². The van der Waals surface area contributed by atoms with Gasteiger partial charge in [-0.25, -0.2) is 30.0 Å². The fourth-order valence-electron chi connectivity index (χ4n) is 7.95. The predicted octanol–water partition coefficient (Wildman–Crippen LogP) is 2.84. The molecule has 23 heteroatoms. The van der Waals surface area contributed by atoms with E-state index < -0.39 is 75.4 Å². The van der Waals surface area contributed by atoms with Gasteiger partial charge in [0, 0.05) is 83.1 Å². The highest BCUT2D eigenvalue weighted by Gasteiger charge is 2.46. The lowest BCUT2D eigenvalue weighted by Gasteiger charge is -2.31. The first kappa shape index (κ1) is 48.0. The van der Waals surface area contributed by atoms with Crippen molar-refractivity contribution >= 4 is 77.3 Å². The number of rotatable bonds is 21. The molecule has 0 radical (unpaired) electrons. The minimum absolute atomic E-state index is 0.0367. The van der Waals surface area contributed by atoms with E-state index in [4.69, 9.17) is 4.84 Å². The van der Waals surface area contributed by atoms with Crippen LogP contribution in [0, 0.1) is 0 Å². The van der Waals surface area contributed by atoms with Gasteiger partial charge in [-0.3, -0.25) is 14.6 Å². The number of imide groups is 1. The van der Waals surface area contributed by atoms with Crippen LogP contribution in [-0.4, -0.2) is 96.6 Å². The van der Waals surface area contributed by atoms with E-state index in [0.717, 1.165) is 11.6 Å². The summed E-state index contributed by atoms with van der Waals surface area (Å²) in [6.45, 7) is 5.66. The van der Waals surface area contributed by atoms with E-state index in [1.807, 2.05) is 11.8 Å². The Labute approximate surface area is 358 Å². The second kappa shape index (κ2) is 19.1. The van der Waals surface area contributed by atoms with Gasteiger partial charge >= 0.3 is 5.97 Å². The van der Waals surface area contributed by atoms with Crippen molar-refractivity contribution in [2.24, 2.45) is 0 Å². The van der Waals surface area contributed by atoms with Crippen LogP contribution in [0.15, 0.2) is 70.1 Å². The van der Waals surface area contributed by atoms with E-state index >= 15 is 0 Å². The first-order valence-corrected chi connectivity index (χ1v) is 24.4. The number of carbonyl (C=O) groups is 3. The molecule has 3 heterocycles. The van der Waals surface area contributed by atoms with Crippen molar-refractivity contribution < 1.29 is 77.3 Å². The Kier molecular flexibility index (Phi) is 15.1. The monoisotopic (exact) mass is 926 g/mol. The minimum atomic E-state index is -4.84. The Morgan fingerprint density at radius 2 is 1.54 bits per heavy atom. The molecule has 2 amide bonds. The van der Waals surface area contributed by atoms with Gasteiger partial charge in [0.1, 0.15) is 16.7 Å². The molecule has 3 aliphatic heterocycles. The molecule has 3 aliphatic rings. The fourth-order valence-corrected chi connectivity index (χ4v) is 9.81. The number of nitrogens with zero attached hydrogens (tertiary/aromatic N) is 3. The molecule has 0 bridgehead atoms. The third kappa shape index (κ3) is 11.7. The number of amides is 2. The summed E-state index contributed by atoms with van der Waals surface area (Å²) in [6.07, 6.45) is 6.78. The van der Waals surface area contributed by atoms with E-state index in [1.165, 1.54) is 12.1 Å². The normalized spacial score (nSPS) is 19.8. The number of allylic oxidation sites excluding steroid dienone is 4. The van der Waals surface area contributed by atoms with E-state index in [9.17, 15) is 58.6 Å². The molecule has 2 aromatic carbocycles. The van der Waals surface area contributed by atoms with Crippen LogP contribution >= 0.6 is 12.0 Å². The Bertz CT molecular complexity index is 2470. The molecule has 61 heavy (non-hydrogen) atoms. The van der Waals surface area contributed by atoms with E-state index in [0.29, 0.717) is 76.0 Å². The molecular weight excluding hydrogens is 883 g/mol. The molecule has 1 fully saturated rings. The maximum Gasteiger partial charge on any atom is 0.333 e. The molecule has 0 aliphatic carbocycles. The zero-order valence-corrected chi connectivity index (χ0v) is 36.7. The van der Waals surface area contributed by atoms with Crippen LogP contribution in [0.1, 0.15) is 89.7 Å². The van der Waals surface area contributed by atoms with Crippen LogP contribution in [0.2, 0.25) is 0 Å². The number of hydrogen-bond donors (Lipinski definition) is 0. The van der Waals surface area contributed by atoms with Crippen molar-refractivity contribution in [2.45, 2.75) is 99.2 Å². The Balaban J connectivity index is 1.52. The predicted molar refractivity (Wildman–Crippen MR) is 212 cm³/mol. The van der Waals surface area contributed by atoms with Crippen LogP contribution in [0.3, 0.4) is 0 Å². The lowest BCUT2D eigenvalue weighted by molar-refractivity contribution is -0.777. The summed E-state index contributed by atoms with van der Waals surface area (Å²) in [6, 6.07) is 9.06. The van der Waals surface area contributed by atoms with Crippen LogP contribution in [0.5, 0.6) is 0 Å². The summed E-state index contributed by atoms with van der Waals surface area (Å²) in [5, 5.41) is 14.7. The molecule has 334 valence electrons.